The molecule has 0 aliphatic rings. The zero-order valence-corrected chi connectivity index (χ0v) is 7.83. The zero-order valence-electron chi connectivity index (χ0n) is 7.83. The van der Waals surface area contributed by atoms with Gasteiger partial charge in [-0.05, 0) is 6.42 Å². The molecule has 2 N–H and O–H groups in total. The molecule has 12 heavy (non-hydrogen) atoms. The SMILES string of the molecule is C=C.CCCCOCC(O)CO. The van der Waals surface area contributed by atoms with Crippen molar-refractivity contribution in [2.24, 2.45) is 0 Å². The molecule has 0 bridgehead atoms. The Morgan fingerprint density at radius 3 is 2.42 bits per heavy atom. The summed E-state index contributed by atoms with van der Waals surface area (Å²) in [7, 11) is 0. The van der Waals surface area contributed by atoms with E-state index in [-0.39, 0.29) is 13.2 Å². The first-order chi connectivity index (χ1) is 5.81. The van der Waals surface area contributed by atoms with Crippen LogP contribution in [0.4, 0.5) is 0 Å². The van der Waals surface area contributed by atoms with E-state index < -0.39 is 6.10 Å². The lowest BCUT2D eigenvalue weighted by atomic mass is 10.3. The van der Waals surface area contributed by atoms with E-state index in [0.29, 0.717) is 6.61 Å². The second-order valence-corrected chi connectivity index (χ2v) is 2.26. The van der Waals surface area contributed by atoms with Crippen molar-refractivity contribution in [3.8, 4) is 0 Å². The Morgan fingerprint density at radius 1 is 1.42 bits per heavy atom. The summed E-state index contributed by atoms with van der Waals surface area (Å²) in [5.41, 5.74) is 0. The Balaban J connectivity index is 0. The van der Waals surface area contributed by atoms with E-state index in [0.717, 1.165) is 12.8 Å². The highest BCUT2D eigenvalue weighted by molar-refractivity contribution is 4.48. The highest BCUT2D eigenvalue weighted by Crippen LogP contribution is 1.89. The summed E-state index contributed by atoms with van der Waals surface area (Å²) < 4.78 is 5.02. The molecule has 3 heteroatoms. The summed E-state index contributed by atoms with van der Waals surface area (Å²) in [5.74, 6) is 0. The lowest BCUT2D eigenvalue weighted by Gasteiger charge is -2.06. The second-order valence-electron chi connectivity index (χ2n) is 2.26. The molecular formula is C9H20O3. The van der Waals surface area contributed by atoms with Crippen LogP contribution in [-0.4, -0.2) is 36.1 Å². The number of unbranched alkanes of at least 4 members (excludes halogenated alkanes) is 1. The molecule has 0 aromatic carbocycles. The molecule has 0 saturated heterocycles. The molecule has 3 nitrogen and oxygen atoms in total. The predicted octanol–water partition coefficient (Wildman–Crippen LogP) is 0.958. The third-order valence-corrected chi connectivity index (χ3v) is 1.16. The van der Waals surface area contributed by atoms with Gasteiger partial charge in [-0.1, -0.05) is 13.3 Å². The van der Waals surface area contributed by atoms with Gasteiger partial charge in [0, 0.05) is 6.61 Å². The van der Waals surface area contributed by atoms with Gasteiger partial charge in [0.25, 0.3) is 0 Å². The highest BCUT2D eigenvalue weighted by atomic mass is 16.5. The lowest BCUT2D eigenvalue weighted by molar-refractivity contribution is 0.00557. The summed E-state index contributed by atoms with van der Waals surface area (Å²) in [6.45, 7) is 8.78. The molecule has 0 aliphatic carbocycles. The molecular weight excluding hydrogens is 156 g/mol. The predicted molar refractivity (Wildman–Crippen MR) is 50.1 cm³/mol. The van der Waals surface area contributed by atoms with Crippen molar-refractivity contribution in [2.45, 2.75) is 25.9 Å². The quantitative estimate of drug-likeness (QED) is 0.468. The molecule has 1 unspecified atom stereocenters. The monoisotopic (exact) mass is 176 g/mol. The van der Waals surface area contributed by atoms with Crippen LogP contribution in [0.3, 0.4) is 0 Å². The lowest BCUT2D eigenvalue weighted by Crippen LogP contribution is -2.19. The summed E-state index contributed by atoms with van der Waals surface area (Å²) in [5, 5.41) is 17.1. The molecule has 0 amide bonds. The van der Waals surface area contributed by atoms with Gasteiger partial charge in [0.05, 0.1) is 13.2 Å². The van der Waals surface area contributed by atoms with E-state index in [1.54, 1.807) is 0 Å². The average molecular weight is 176 g/mol. The van der Waals surface area contributed by atoms with E-state index in [1.165, 1.54) is 0 Å². The van der Waals surface area contributed by atoms with Crippen LogP contribution in [0.1, 0.15) is 19.8 Å². The molecule has 0 fully saturated rings. The van der Waals surface area contributed by atoms with Gasteiger partial charge in [0.15, 0.2) is 0 Å². The molecule has 1 atom stereocenters. The maximum atomic E-state index is 8.78. The van der Waals surface area contributed by atoms with Crippen molar-refractivity contribution < 1.29 is 14.9 Å². The van der Waals surface area contributed by atoms with Gasteiger partial charge in [-0.2, -0.15) is 0 Å². The largest absolute Gasteiger partial charge is 0.394 e. The molecule has 0 saturated carbocycles. The van der Waals surface area contributed by atoms with Crippen LogP contribution < -0.4 is 0 Å². The number of rotatable bonds is 6. The van der Waals surface area contributed by atoms with E-state index >= 15 is 0 Å². The normalized spacial score (nSPS) is 11.6. The van der Waals surface area contributed by atoms with Crippen LogP contribution >= 0.6 is 0 Å². The maximum absolute atomic E-state index is 8.78. The van der Waals surface area contributed by atoms with Crippen molar-refractivity contribution in [3.05, 3.63) is 13.2 Å². The van der Waals surface area contributed by atoms with Crippen molar-refractivity contribution in [3.63, 3.8) is 0 Å². The summed E-state index contributed by atoms with van der Waals surface area (Å²) >= 11 is 0. The van der Waals surface area contributed by atoms with Gasteiger partial charge in [-0.15, -0.1) is 13.2 Å². The molecule has 0 aromatic rings. The van der Waals surface area contributed by atoms with Gasteiger partial charge >= 0.3 is 0 Å². The first-order valence-corrected chi connectivity index (χ1v) is 4.18. The minimum absolute atomic E-state index is 0.216. The minimum atomic E-state index is -0.711. The van der Waals surface area contributed by atoms with Gasteiger partial charge in [0.1, 0.15) is 6.10 Å². The Hall–Kier alpha value is -0.380. The topological polar surface area (TPSA) is 49.7 Å². The van der Waals surface area contributed by atoms with Gasteiger partial charge in [-0.25, -0.2) is 0 Å². The fourth-order valence-corrected chi connectivity index (χ4v) is 0.518. The van der Waals surface area contributed by atoms with Crippen molar-refractivity contribution >= 4 is 0 Å². The van der Waals surface area contributed by atoms with Crippen LogP contribution in [0.5, 0.6) is 0 Å². The second kappa shape index (κ2) is 13.2. The fourth-order valence-electron chi connectivity index (χ4n) is 0.518. The van der Waals surface area contributed by atoms with E-state index in [9.17, 15) is 0 Å². The van der Waals surface area contributed by atoms with Crippen LogP contribution in [0.2, 0.25) is 0 Å². The van der Waals surface area contributed by atoms with Gasteiger partial charge in [0.2, 0.25) is 0 Å². The number of aliphatic hydroxyl groups is 2. The fraction of sp³-hybridized carbons (Fsp3) is 0.778. The van der Waals surface area contributed by atoms with Crippen LogP contribution in [-0.2, 0) is 4.74 Å². The molecule has 0 aromatic heterocycles. The summed E-state index contributed by atoms with van der Waals surface area (Å²) in [6, 6.07) is 0. The van der Waals surface area contributed by atoms with Crippen molar-refractivity contribution in [1.82, 2.24) is 0 Å². The highest BCUT2D eigenvalue weighted by Gasteiger charge is 1.99. The Bertz CT molecular complexity index is 76.2. The van der Waals surface area contributed by atoms with Gasteiger partial charge < -0.3 is 14.9 Å². The molecule has 74 valence electrons. The van der Waals surface area contributed by atoms with Crippen molar-refractivity contribution in [1.29, 1.82) is 0 Å². The zero-order chi connectivity index (χ0) is 9.82. The standard InChI is InChI=1S/C7H16O3.C2H4/c1-2-3-4-10-6-7(9)5-8;1-2/h7-9H,2-6H2,1H3;1-2H2. The van der Waals surface area contributed by atoms with Gasteiger partial charge in [-0.3, -0.25) is 0 Å². The van der Waals surface area contributed by atoms with E-state index in [4.69, 9.17) is 14.9 Å². The summed E-state index contributed by atoms with van der Waals surface area (Å²) in [6.07, 6.45) is 1.39. The minimum Gasteiger partial charge on any atom is -0.394 e. The molecule has 0 aliphatic heterocycles. The number of aliphatic hydroxyl groups excluding tert-OH is 2. The number of hydrogen-bond acceptors (Lipinski definition) is 3. The third-order valence-electron chi connectivity index (χ3n) is 1.16. The Morgan fingerprint density at radius 2 is 2.00 bits per heavy atom. The van der Waals surface area contributed by atoms with E-state index in [1.807, 2.05) is 0 Å². The maximum Gasteiger partial charge on any atom is 0.100 e. The smallest absolute Gasteiger partial charge is 0.100 e. The number of hydrogen-bond donors (Lipinski definition) is 2. The van der Waals surface area contributed by atoms with Crippen LogP contribution in [0.15, 0.2) is 13.2 Å². The third kappa shape index (κ3) is 12.3. The van der Waals surface area contributed by atoms with Crippen molar-refractivity contribution in [2.75, 3.05) is 19.8 Å². The first-order valence-electron chi connectivity index (χ1n) is 4.18. The molecule has 0 spiro atoms. The Labute approximate surface area is 74.7 Å². The van der Waals surface area contributed by atoms with Crippen LogP contribution in [0, 0.1) is 0 Å². The summed E-state index contributed by atoms with van der Waals surface area (Å²) in [4.78, 5) is 0. The molecule has 0 rings (SSSR count). The molecule has 0 radical (unpaired) electrons. The average Bonchev–Trinajstić information content (AvgIpc) is 2.15. The Kier molecular flexibility index (Phi) is 15.6. The number of ether oxygens (including phenoxy) is 1. The first kappa shape index (κ1) is 14.2. The van der Waals surface area contributed by atoms with E-state index in [2.05, 4.69) is 20.1 Å². The van der Waals surface area contributed by atoms with Crippen LogP contribution in [0.25, 0.3) is 0 Å². The molecule has 0 heterocycles.